The summed E-state index contributed by atoms with van der Waals surface area (Å²) in [4.78, 5) is 15.3. The van der Waals surface area contributed by atoms with E-state index in [0.717, 1.165) is 12.8 Å². The molecule has 1 aliphatic rings. The fraction of sp³-hybridized carbons (Fsp3) is 0.250. The Morgan fingerprint density at radius 2 is 2.24 bits per heavy atom. The molecule has 0 atom stereocenters. The first-order valence-electron chi connectivity index (χ1n) is 6.47. The van der Waals surface area contributed by atoms with Crippen molar-refractivity contribution in [3.63, 3.8) is 0 Å². The van der Waals surface area contributed by atoms with Crippen LogP contribution in [-0.4, -0.2) is 35.8 Å². The van der Waals surface area contributed by atoms with Crippen LogP contribution in [0.15, 0.2) is 12.7 Å². The minimum absolute atomic E-state index is 0.246. The molecule has 4 rings (SSSR count). The average Bonchev–Trinajstić information content (AvgIpc) is 3.07. The first kappa shape index (κ1) is 11.7. The lowest BCUT2D eigenvalue weighted by molar-refractivity contribution is 0.856. The summed E-state index contributed by atoms with van der Waals surface area (Å²) in [5, 5.41) is 16.9. The van der Waals surface area contributed by atoms with Crippen molar-refractivity contribution in [3.05, 3.63) is 18.2 Å². The molecule has 1 saturated carbocycles. The van der Waals surface area contributed by atoms with Crippen LogP contribution in [-0.2, 0) is 0 Å². The second kappa shape index (κ2) is 4.17. The summed E-state index contributed by atoms with van der Waals surface area (Å²) >= 11 is 0. The van der Waals surface area contributed by atoms with Crippen molar-refractivity contribution in [3.8, 4) is 11.9 Å². The van der Waals surface area contributed by atoms with E-state index in [1.54, 1.807) is 0 Å². The zero-order chi connectivity index (χ0) is 14.4. The van der Waals surface area contributed by atoms with Gasteiger partial charge in [-0.15, -0.1) is 5.10 Å². The molecule has 0 bridgehead atoms. The van der Waals surface area contributed by atoms with Crippen LogP contribution in [0.2, 0.25) is 0 Å². The number of imidazole rings is 1. The number of nitrogens with one attached hydrogen (secondary N) is 2. The number of hydrogen-bond acceptors (Lipinski definition) is 7. The topological polar surface area (TPSA) is 134 Å². The van der Waals surface area contributed by atoms with Gasteiger partial charge in [-0.2, -0.15) is 9.94 Å². The number of nitrogen functional groups attached to an aromatic ring is 1. The van der Waals surface area contributed by atoms with Crippen LogP contribution in [0.5, 0.6) is 0 Å². The van der Waals surface area contributed by atoms with Crippen LogP contribution in [0.25, 0.3) is 17.0 Å². The van der Waals surface area contributed by atoms with E-state index in [1.165, 1.54) is 17.3 Å². The molecule has 3 aromatic heterocycles. The van der Waals surface area contributed by atoms with Crippen molar-refractivity contribution in [2.45, 2.75) is 18.9 Å². The van der Waals surface area contributed by atoms with Crippen LogP contribution >= 0.6 is 0 Å². The Hall–Kier alpha value is -3.15. The van der Waals surface area contributed by atoms with E-state index in [0.29, 0.717) is 34.4 Å². The predicted molar refractivity (Wildman–Crippen MR) is 74.6 cm³/mol. The van der Waals surface area contributed by atoms with Gasteiger partial charge in [0.1, 0.15) is 29.3 Å². The Kier molecular flexibility index (Phi) is 2.32. The number of rotatable bonds is 3. The normalized spacial score (nSPS) is 14.2. The average molecular weight is 281 g/mol. The van der Waals surface area contributed by atoms with E-state index < -0.39 is 0 Å². The Bertz CT molecular complexity index is 865. The molecular formula is C12H11N9. The molecule has 104 valence electrons. The second-order valence-corrected chi connectivity index (χ2v) is 4.85. The molecule has 3 aromatic rings. The van der Waals surface area contributed by atoms with E-state index in [9.17, 15) is 5.26 Å². The van der Waals surface area contributed by atoms with Crippen LogP contribution in [0, 0.1) is 11.3 Å². The minimum Gasteiger partial charge on any atom is -0.382 e. The number of nitriles is 1. The molecule has 21 heavy (non-hydrogen) atoms. The maximum Gasteiger partial charge on any atom is 0.185 e. The lowest BCUT2D eigenvalue weighted by Crippen LogP contribution is -2.06. The van der Waals surface area contributed by atoms with E-state index in [1.807, 2.05) is 0 Å². The number of aromatic amines is 1. The van der Waals surface area contributed by atoms with Crippen LogP contribution in [0.3, 0.4) is 0 Å². The number of nitrogens with zero attached hydrogens (tertiary/aromatic N) is 6. The quantitative estimate of drug-likeness (QED) is 0.638. The van der Waals surface area contributed by atoms with Gasteiger partial charge in [0.05, 0.1) is 6.33 Å². The van der Waals surface area contributed by atoms with Gasteiger partial charge in [0.25, 0.3) is 0 Å². The van der Waals surface area contributed by atoms with Gasteiger partial charge in [0.2, 0.25) is 0 Å². The second-order valence-electron chi connectivity index (χ2n) is 4.85. The molecule has 0 aromatic carbocycles. The van der Waals surface area contributed by atoms with Gasteiger partial charge in [0.15, 0.2) is 17.3 Å². The summed E-state index contributed by atoms with van der Waals surface area (Å²) in [6.07, 6.45) is 5.07. The molecule has 0 saturated heterocycles. The molecule has 9 nitrogen and oxygen atoms in total. The van der Waals surface area contributed by atoms with Gasteiger partial charge in [-0.25, -0.2) is 15.0 Å². The third-order valence-electron chi connectivity index (χ3n) is 3.35. The van der Waals surface area contributed by atoms with Crippen molar-refractivity contribution in [1.82, 2.24) is 29.7 Å². The molecule has 0 amide bonds. The number of aromatic nitrogens is 6. The van der Waals surface area contributed by atoms with Crippen LogP contribution in [0.1, 0.15) is 18.4 Å². The number of H-pyrrole nitrogens is 1. The lowest BCUT2D eigenvalue weighted by Gasteiger charge is -2.02. The van der Waals surface area contributed by atoms with Gasteiger partial charge >= 0.3 is 0 Å². The highest BCUT2D eigenvalue weighted by Gasteiger charge is 2.26. The Morgan fingerprint density at radius 1 is 1.38 bits per heavy atom. The van der Waals surface area contributed by atoms with Gasteiger partial charge < -0.3 is 16.0 Å². The standard InChI is InChI=1S/C12H11N9/c13-3-7-9(14)21(20-10(7)19-6-1-2-6)12-8-11(16-4-15-8)17-5-18-12/h4-6H,1-2,14H2,(H,19,20)(H,15,16,17,18). The smallest absolute Gasteiger partial charge is 0.185 e. The largest absolute Gasteiger partial charge is 0.382 e. The first-order valence-corrected chi connectivity index (χ1v) is 6.47. The van der Waals surface area contributed by atoms with Crippen LogP contribution in [0.4, 0.5) is 11.6 Å². The molecule has 1 aliphatic carbocycles. The Balaban J connectivity index is 1.90. The number of anilines is 2. The van der Waals surface area contributed by atoms with Gasteiger partial charge in [-0.05, 0) is 12.8 Å². The summed E-state index contributed by atoms with van der Waals surface area (Å²) < 4.78 is 1.44. The summed E-state index contributed by atoms with van der Waals surface area (Å²) in [6, 6.07) is 2.46. The maximum atomic E-state index is 9.29. The summed E-state index contributed by atoms with van der Waals surface area (Å²) in [6.45, 7) is 0. The Labute approximate surface area is 118 Å². The maximum absolute atomic E-state index is 9.29. The molecule has 0 unspecified atom stereocenters. The summed E-state index contributed by atoms with van der Waals surface area (Å²) in [7, 11) is 0. The van der Waals surface area contributed by atoms with E-state index >= 15 is 0 Å². The molecule has 0 radical (unpaired) electrons. The van der Waals surface area contributed by atoms with Crippen LogP contribution < -0.4 is 11.1 Å². The van der Waals surface area contributed by atoms with Crippen molar-refractivity contribution < 1.29 is 0 Å². The fourth-order valence-corrected chi connectivity index (χ4v) is 2.14. The molecule has 1 fully saturated rings. The predicted octanol–water partition coefficient (Wildman–Crippen LogP) is 0.567. The van der Waals surface area contributed by atoms with Gasteiger partial charge in [-0.3, -0.25) is 0 Å². The van der Waals surface area contributed by atoms with Gasteiger partial charge in [-0.1, -0.05) is 0 Å². The highest BCUT2D eigenvalue weighted by atomic mass is 15.4. The number of nitrogens with two attached hydrogens (primary N) is 1. The van der Waals surface area contributed by atoms with E-state index in [2.05, 4.69) is 36.4 Å². The summed E-state index contributed by atoms with van der Waals surface area (Å²) in [5.41, 5.74) is 7.51. The van der Waals surface area contributed by atoms with Gasteiger partial charge in [0, 0.05) is 6.04 Å². The third kappa shape index (κ3) is 1.77. The molecule has 3 heterocycles. The van der Waals surface area contributed by atoms with Crippen molar-refractivity contribution in [2.24, 2.45) is 0 Å². The number of hydrogen-bond donors (Lipinski definition) is 3. The third-order valence-corrected chi connectivity index (χ3v) is 3.35. The molecule has 9 heteroatoms. The molecule has 0 spiro atoms. The zero-order valence-electron chi connectivity index (χ0n) is 10.9. The molecular weight excluding hydrogens is 270 g/mol. The van der Waals surface area contributed by atoms with Crippen molar-refractivity contribution in [1.29, 1.82) is 5.26 Å². The molecule has 0 aliphatic heterocycles. The SMILES string of the molecule is N#Cc1c(NC2CC2)nn(-c2ncnc3nc[nH]c23)c1N. The van der Waals surface area contributed by atoms with Crippen molar-refractivity contribution >= 4 is 22.8 Å². The Morgan fingerprint density at radius 3 is 3.00 bits per heavy atom. The highest BCUT2D eigenvalue weighted by Crippen LogP contribution is 2.30. The monoisotopic (exact) mass is 281 g/mol. The lowest BCUT2D eigenvalue weighted by atomic mass is 10.3. The first-order chi connectivity index (χ1) is 10.3. The number of fused-ring (bicyclic) bond motifs is 1. The fourth-order valence-electron chi connectivity index (χ4n) is 2.14. The minimum atomic E-state index is 0.246. The molecule has 4 N–H and O–H groups in total. The summed E-state index contributed by atoms with van der Waals surface area (Å²) in [5.74, 6) is 1.20. The van der Waals surface area contributed by atoms with Crippen molar-refractivity contribution in [2.75, 3.05) is 11.1 Å². The van der Waals surface area contributed by atoms with E-state index in [-0.39, 0.29) is 5.82 Å². The van der Waals surface area contributed by atoms with E-state index in [4.69, 9.17) is 5.73 Å². The highest BCUT2D eigenvalue weighted by molar-refractivity contribution is 5.79. The zero-order valence-corrected chi connectivity index (χ0v) is 10.9.